The van der Waals surface area contributed by atoms with E-state index in [1.54, 1.807) is 23.5 Å². The standard InChI is InChI=1S/C16H16O2S2/c17-7-5-11-1-3-13-15(9-11)20-14-4-2-12(6-8-18)10-16(14)19-13/h1-4,9-10,17-18H,5-8H2. The van der Waals surface area contributed by atoms with Gasteiger partial charge in [-0.15, -0.1) is 0 Å². The zero-order valence-corrected chi connectivity index (χ0v) is 12.6. The minimum atomic E-state index is 0.192. The molecule has 0 spiro atoms. The largest absolute Gasteiger partial charge is 0.396 e. The highest BCUT2D eigenvalue weighted by molar-refractivity contribution is 8.05. The Kier molecular flexibility index (Phi) is 4.36. The Morgan fingerprint density at radius 1 is 0.650 bits per heavy atom. The van der Waals surface area contributed by atoms with Gasteiger partial charge in [-0.1, -0.05) is 35.7 Å². The quantitative estimate of drug-likeness (QED) is 0.775. The Morgan fingerprint density at radius 2 is 1.10 bits per heavy atom. The van der Waals surface area contributed by atoms with Crippen LogP contribution in [-0.4, -0.2) is 23.4 Å². The summed E-state index contributed by atoms with van der Waals surface area (Å²) in [7, 11) is 0. The molecule has 0 unspecified atom stereocenters. The zero-order valence-electron chi connectivity index (χ0n) is 11.0. The second kappa shape index (κ2) is 6.22. The smallest absolute Gasteiger partial charge is 0.0471 e. The number of rotatable bonds is 4. The van der Waals surface area contributed by atoms with Gasteiger partial charge in [-0.2, -0.15) is 0 Å². The first-order chi connectivity index (χ1) is 9.80. The average molecular weight is 304 g/mol. The van der Waals surface area contributed by atoms with E-state index in [1.807, 2.05) is 0 Å². The van der Waals surface area contributed by atoms with Crippen molar-refractivity contribution >= 4 is 23.5 Å². The summed E-state index contributed by atoms with van der Waals surface area (Å²) in [5.74, 6) is 0. The van der Waals surface area contributed by atoms with Crippen LogP contribution in [0.2, 0.25) is 0 Å². The van der Waals surface area contributed by atoms with E-state index in [0.29, 0.717) is 12.8 Å². The van der Waals surface area contributed by atoms with Crippen molar-refractivity contribution in [3.05, 3.63) is 47.5 Å². The zero-order chi connectivity index (χ0) is 13.9. The minimum Gasteiger partial charge on any atom is -0.396 e. The summed E-state index contributed by atoms with van der Waals surface area (Å²) in [6, 6.07) is 12.8. The van der Waals surface area contributed by atoms with Gasteiger partial charge in [-0.25, -0.2) is 0 Å². The highest BCUT2D eigenvalue weighted by atomic mass is 32.2. The molecule has 0 saturated heterocycles. The summed E-state index contributed by atoms with van der Waals surface area (Å²) < 4.78 is 0. The molecule has 3 rings (SSSR count). The number of hydrogen-bond donors (Lipinski definition) is 2. The molecule has 0 aliphatic carbocycles. The van der Waals surface area contributed by atoms with Crippen LogP contribution in [0.4, 0.5) is 0 Å². The molecular formula is C16H16O2S2. The predicted octanol–water partition coefficient (Wildman–Crippen LogP) is 3.37. The van der Waals surface area contributed by atoms with Crippen LogP contribution in [0.15, 0.2) is 56.0 Å². The Morgan fingerprint density at radius 3 is 1.50 bits per heavy atom. The summed E-state index contributed by atoms with van der Waals surface area (Å²) in [4.78, 5) is 5.07. The van der Waals surface area contributed by atoms with E-state index in [-0.39, 0.29) is 13.2 Å². The highest BCUT2D eigenvalue weighted by Crippen LogP contribution is 2.48. The SMILES string of the molecule is OCCc1ccc2c(c1)Sc1ccc(CCO)cc1S2. The molecule has 1 aliphatic heterocycles. The van der Waals surface area contributed by atoms with Crippen LogP contribution in [0, 0.1) is 0 Å². The van der Waals surface area contributed by atoms with Crippen LogP contribution < -0.4 is 0 Å². The summed E-state index contributed by atoms with van der Waals surface area (Å²) in [5.41, 5.74) is 2.36. The van der Waals surface area contributed by atoms with Crippen molar-refractivity contribution in [2.45, 2.75) is 32.4 Å². The molecule has 0 fully saturated rings. The van der Waals surface area contributed by atoms with Gasteiger partial charge in [-0.3, -0.25) is 0 Å². The molecule has 2 aromatic rings. The van der Waals surface area contributed by atoms with Crippen molar-refractivity contribution < 1.29 is 10.2 Å². The lowest BCUT2D eigenvalue weighted by molar-refractivity contribution is 0.299. The first kappa shape index (κ1) is 14.0. The van der Waals surface area contributed by atoms with E-state index >= 15 is 0 Å². The molecule has 2 aromatic carbocycles. The van der Waals surface area contributed by atoms with Crippen LogP contribution in [0.25, 0.3) is 0 Å². The maximum atomic E-state index is 9.03. The van der Waals surface area contributed by atoms with Crippen molar-refractivity contribution in [2.24, 2.45) is 0 Å². The molecule has 104 valence electrons. The summed E-state index contributed by atoms with van der Waals surface area (Å²) in [6.45, 7) is 0.384. The van der Waals surface area contributed by atoms with E-state index in [4.69, 9.17) is 10.2 Å². The third-order valence-electron chi connectivity index (χ3n) is 3.26. The molecule has 20 heavy (non-hydrogen) atoms. The van der Waals surface area contributed by atoms with Gasteiger partial charge in [0.2, 0.25) is 0 Å². The average Bonchev–Trinajstić information content (AvgIpc) is 2.46. The number of fused-ring (bicyclic) bond motifs is 2. The lowest BCUT2D eigenvalue weighted by Gasteiger charge is -2.19. The third kappa shape index (κ3) is 2.88. The number of aliphatic hydroxyl groups excluding tert-OH is 2. The van der Waals surface area contributed by atoms with Crippen molar-refractivity contribution in [2.75, 3.05) is 13.2 Å². The summed E-state index contributed by atoms with van der Waals surface area (Å²) in [6.07, 6.45) is 1.42. The number of aliphatic hydroxyl groups is 2. The molecule has 2 N–H and O–H groups in total. The Hall–Kier alpha value is -0.940. The van der Waals surface area contributed by atoms with Gasteiger partial charge < -0.3 is 10.2 Å². The van der Waals surface area contributed by atoms with Gasteiger partial charge in [0.15, 0.2) is 0 Å². The normalized spacial score (nSPS) is 12.9. The van der Waals surface area contributed by atoms with Crippen LogP contribution in [0.5, 0.6) is 0 Å². The molecule has 1 heterocycles. The van der Waals surface area contributed by atoms with E-state index in [9.17, 15) is 0 Å². The topological polar surface area (TPSA) is 40.5 Å². The van der Waals surface area contributed by atoms with Crippen molar-refractivity contribution in [1.82, 2.24) is 0 Å². The van der Waals surface area contributed by atoms with Gasteiger partial charge >= 0.3 is 0 Å². The predicted molar refractivity (Wildman–Crippen MR) is 82.7 cm³/mol. The maximum absolute atomic E-state index is 9.03. The molecular weight excluding hydrogens is 288 g/mol. The Bertz CT molecular complexity index is 570. The monoisotopic (exact) mass is 304 g/mol. The van der Waals surface area contributed by atoms with Gasteiger partial charge in [0.25, 0.3) is 0 Å². The molecule has 2 nitrogen and oxygen atoms in total. The molecule has 0 amide bonds. The van der Waals surface area contributed by atoms with Gasteiger partial charge in [0, 0.05) is 32.8 Å². The summed E-state index contributed by atoms with van der Waals surface area (Å²) in [5, 5.41) is 18.1. The second-order valence-electron chi connectivity index (χ2n) is 4.71. The van der Waals surface area contributed by atoms with Gasteiger partial charge in [0.05, 0.1) is 0 Å². The van der Waals surface area contributed by atoms with Crippen LogP contribution in [0.1, 0.15) is 11.1 Å². The fourth-order valence-electron chi connectivity index (χ4n) is 2.24. The fourth-order valence-corrected chi connectivity index (χ4v) is 4.56. The first-order valence-electron chi connectivity index (χ1n) is 6.63. The molecule has 4 heteroatoms. The fraction of sp³-hybridized carbons (Fsp3) is 0.250. The van der Waals surface area contributed by atoms with Crippen LogP contribution in [-0.2, 0) is 12.8 Å². The Labute approximate surface area is 127 Å². The molecule has 0 aromatic heterocycles. The second-order valence-corrected chi connectivity index (χ2v) is 6.88. The van der Waals surface area contributed by atoms with E-state index in [0.717, 1.165) is 0 Å². The minimum absolute atomic E-state index is 0.192. The lowest BCUT2D eigenvalue weighted by atomic mass is 10.1. The van der Waals surface area contributed by atoms with Crippen molar-refractivity contribution in [1.29, 1.82) is 0 Å². The molecule has 0 saturated carbocycles. The molecule has 1 aliphatic rings. The number of hydrogen-bond acceptors (Lipinski definition) is 4. The van der Waals surface area contributed by atoms with E-state index < -0.39 is 0 Å². The molecule has 0 radical (unpaired) electrons. The third-order valence-corrected chi connectivity index (χ3v) is 5.78. The maximum Gasteiger partial charge on any atom is 0.0471 e. The number of benzene rings is 2. The Balaban J connectivity index is 1.89. The van der Waals surface area contributed by atoms with Crippen molar-refractivity contribution in [3.63, 3.8) is 0 Å². The summed E-state index contributed by atoms with van der Waals surface area (Å²) >= 11 is 3.57. The van der Waals surface area contributed by atoms with E-state index in [1.165, 1.54) is 30.7 Å². The highest BCUT2D eigenvalue weighted by Gasteiger charge is 2.17. The molecule has 0 bridgehead atoms. The van der Waals surface area contributed by atoms with E-state index in [2.05, 4.69) is 36.4 Å². The molecule has 0 atom stereocenters. The van der Waals surface area contributed by atoms with Crippen molar-refractivity contribution in [3.8, 4) is 0 Å². The van der Waals surface area contributed by atoms with Gasteiger partial charge in [0.1, 0.15) is 0 Å². The van der Waals surface area contributed by atoms with Gasteiger partial charge in [-0.05, 0) is 48.2 Å². The van der Waals surface area contributed by atoms with Crippen LogP contribution in [0.3, 0.4) is 0 Å². The first-order valence-corrected chi connectivity index (χ1v) is 8.27. The van der Waals surface area contributed by atoms with Crippen LogP contribution >= 0.6 is 23.5 Å². The lowest BCUT2D eigenvalue weighted by Crippen LogP contribution is -1.96.